The first kappa shape index (κ1) is 10.0. The average molecular weight is 211 g/mol. The molecule has 1 fully saturated rings. The Morgan fingerprint density at radius 1 is 1.50 bits per heavy atom. The van der Waals surface area contributed by atoms with Crippen LogP contribution in [0.25, 0.3) is 0 Å². The Morgan fingerprint density at radius 3 is 2.79 bits per heavy atom. The van der Waals surface area contributed by atoms with Gasteiger partial charge in [-0.15, -0.1) is 0 Å². The second kappa shape index (κ2) is 3.92. The van der Waals surface area contributed by atoms with Crippen molar-refractivity contribution < 1.29 is 5.11 Å². The quantitative estimate of drug-likeness (QED) is 0.810. The number of aryl methyl sites for hydroxylation is 1. The fraction of sp³-hybridized carbons (Fsp3) is 0.500. The lowest BCUT2D eigenvalue weighted by atomic mass is 10.0. The molecule has 1 atom stereocenters. The van der Waals surface area contributed by atoms with Gasteiger partial charge in [-0.1, -0.05) is 36.6 Å². The highest BCUT2D eigenvalue weighted by atomic mass is 35.5. The van der Waals surface area contributed by atoms with Crippen LogP contribution >= 0.6 is 11.6 Å². The molecule has 1 aliphatic carbocycles. The normalized spacial score (nSPS) is 18.2. The van der Waals surface area contributed by atoms with Crippen LogP contribution in [0.3, 0.4) is 0 Å². The molecule has 1 unspecified atom stereocenters. The summed E-state index contributed by atoms with van der Waals surface area (Å²) in [6, 6.07) is 5.76. The van der Waals surface area contributed by atoms with Crippen LogP contribution in [0.4, 0.5) is 0 Å². The third kappa shape index (κ3) is 2.28. The van der Waals surface area contributed by atoms with Gasteiger partial charge < -0.3 is 5.11 Å². The molecule has 2 heteroatoms. The van der Waals surface area contributed by atoms with Crippen molar-refractivity contribution in [1.29, 1.82) is 0 Å². The Labute approximate surface area is 89.7 Å². The fourth-order valence-corrected chi connectivity index (χ4v) is 1.80. The van der Waals surface area contributed by atoms with Gasteiger partial charge in [0, 0.05) is 5.02 Å². The van der Waals surface area contributed by atoms with Crippen molar-refractivity contribution in [2.75, 3.05) is 0 Å². The SMILES string of the molecule is Cc1cc(C(O)CC2CC2)ccc1Cl. The van der Waals surface area contributed by atoms with Crippen LogP contribution in [-0.2, 0) is 0 Å². The molecule has 2 rings (SSSR count). The smallest absolute Gasteiger partial charge is 0.0792 e. The van der Waals surface area contributed by atoms with Crippen LogP contribution in [-0.4, -0.2) is 5.11 Å². The molecule has 0 aliphatic heterocycles. The van der Waals surface area contributed by atoms with E-state index in [9.17, 15) is 5.11 Å². The van der Waals surface area contributed by atoms with Gasteiger partial charge in [0.15, 0.2) is 0 Å². The van der Waals surface area contributed by atoms with Crippen LogP contribution in [0.5, 0.6) is 0 Å². The van der Waals surface area contributed by atoms with Crippen molar-refractivity contribution in [3.63, 3.8) is 0 Å². The molecule has 0 bridgehead atoms. The van der Waals surface area contributed by atoms with E-state index in [0.29, 0.717) is 0 Å². The van der Waals surface area contributed by atoms with E-state index in [1.54, 1.807) is 0 Å². The molecule has 14 heavy (non-hydrogen) atoms. The number of rotatable bonds is 3. The van der Waals surface area contributed by atoms with Crippen molar-refractivity contribution in [1.82, 2.24) is 0 Å². The summed E-state index contributed by atoms with van der Waals surface area (Å²) in [6.07, 6.45) is 3.16. The average Bonchev–Trinajstić information content (AvgIpc) is 2.93. The summed E-state index contributed by atoms with van der Waals surface area (Å²) in [5, 5.41) is 10.7. The molecular formula is C12H15ClO. The van der Waals surface area contributed by atoms with E-state index in [1.807, 2.05) is 25.1 Å². The van der Waals surface area contributed by atoms with Gasteiger partial charge in [0.05, 0.1) is 6.10 Å². The maximum absolute atomic E-state index is 9.90. The Kier molecular flexibility index (Phi) is 2.80. The summed E-state index contributed by atoms with van der Waals surface area (Å²) in [5.74, 6) is 0.751. The van der Waals surface area contributed by atoms with Gasteiger partial charge >= 0.3 is 0 Å². The topological polar surface area (TPSA) is 20.2 Å². The molecule has 1 aliphatic rings. The molecule has 0 aromatic heterocycles. The van der Waals surface area contributed by atoms with Gasteiger partial charge in [-0.25, -0.2) is 0 Å². The summed E-state index contributed by atoms with van der Waals surface area (Å²) in [7, 11) is 0. The minimum Gasteiger partial charge on any atom is -0.388 e. The number of aliphatic hydroxyl groups excluding tert-OH is 1. The van der Waals surface area contributed by atoms with E-state index in [1.165, 1.54) is 12.8 Å². The summed E-state index contributed by atoms with van der Waals surface area (Å²) in [6.45, 7) is 1.97. The fourth-order valence-electron chi connectivity index (χ4n) is 1.68. The van der Waals surface area contributed by atoms with Crippen LogP contribution in [0.15, 0.2) is 18.2 Å². The van der Waals surface area contributed by atoms with Crippen LogP contribution in [0.2, 0.25) is 5.02 Å². The summed E-state index contributed by atoms with van der Waals surface area (Å²) in [4.78, 5) is 0. The predicted octanol–water partition coefficient (Wildman–Crippen LogP) is 3.48. The summed E-state index contributed by atoms with van der Waals surface area (Å²) in [5.41, 5.74) is 2.04. The summed E-state index contributed by atoms with van der Waals surface area (Å²) < 4.78 is 0. The second-order valence-electron chi connectivity index (χ2n) is 4.20. The van der Waals surface area contributed by atoms with Crippen molar-refractivity contribution in [3.05, 3.63) is 34.3 Å². The zero-order valence-electron chi connectivity index (χ0n) is 8.33. The third-order valence-corrected chi connectivity index (χ3v) is 3.24. The van der Waals surface area contributed by atoms with Gasteiger partial charge in [-0.2, -0.15) is 0 Å². The predicted molar refractivity (Wildman–Crippen MR) is 58.5 cm³/mol. The number of hydrogen-bond donors (Lipinski definition) is 1. The first-order chi connectivity index (χ1) is 6.66. The minimum atomic E-state index is -0.307. The monoisotopic (exact) mass is 210 g/mol. The number of benzene rings is 1. The van der Waals surface area contributed by atoms with Crippen molar-refractivity contribution >= 4 is 11.6 Å². The van der Waals surface area contributed by atoms with Crippen molar-refractivity contribution in [2.24, 2.45) is 5.92 Å². The van der Waals surface area contributed by atoms with Crippen LogP contribution in [0, 0.1) is 12.8 Å². The molecule has 1 aromatic rings. The molecule has 1 saturated carbocycles. The van der Waals surface area contributed by atoms with E-state index < -0.39 is 0 Å². The first-order valence-corrected chi connectivity index (χ1v) is 5.48. The summed E-state index contributed by atoms with van der Waals surface area (Å²) >= 11 is 5.92. The lowest BCUT2D eigenvalue weighted by Gasteiger charge is -2.11. The zero-order chi connectivity index (χ0) is 10.1. The van der Waals surface area contributed by atoms with E-state index >= 15 is 0 Å². The Morgan fingerprint density at radius 2 is 2.21 bits per heavy atom. The maximum Gasteiger partial charge on any atom is 0.0792 e. The number of halogens is 1. The van der Waals surface area contributed by atoms with Gasteiger partial charge in [-0.3, -0.25) is 0 Å². The Balaban J connectivity index is 2.10. The van der Waals surface area contributed by atoms with Crippen LogP contribution < -0.4 is 0 Å². The standard InChI is InChI=1S/C12H15ClO/c1-8-6-10(4-5-11(8)13)12(14)7-9-2-3-9/h4-6,9,12,14H,2-3,7H2,1H3. The van der Waals surface area contributed by atoms with E-state index in [-0.39, 0.29) is 6.10 Å². The Bertz CT molecular complexity index is 331. The second-order valence-corrected chi connectivity index (χ2v) is 4.61. The number of hydrogen-bond acceptors (Lipinski definition) is 1. The molecule has 0 radical (unpaired) electrons. The molecular weight excluding hydrogens is 196 g/mol. The largest absolute Gasteiger partial charge is 0.388 e. The van der Waals surface area contributed by atoms with Gasteiger partial charge in [0.25, 0.3) is 0 Å². The lowest BCUT2D eigenvalue weighted by molar-refractivity contribution is 0.160. The molecule has 76 valence electrons. The highest BCUT2D eigenvalue weighted by molar-refractivity contribution is 6.31. The maximum atomic E-state index is 9.90. The molecule has 0 heterocycles. The first-order valence-electron chi connectivity index (χ1n) is 5.11. The highest BCUT2D eigenvalue weighted by Gasteiger charge is 2.25. The van der Waals surface area contributed by atoms with Crippen molar-refractivity contribution in [2.45, 2.75) is 32.3 Å². The van der Waals surface area contributed by atoms with E-state index in [4.69, 9.17) is 11.6 Å². The molecule has 0 amide bonds. The van der Waals surface area contributed by atoms with E-state index in [2.05, 4.69) is 0 Å². The van der Waals surface area contributed by atoms with Gasteiger partial charge in [0.2, 0.25) is 0 Å². The molecule has 0 spiro atoms. The minimum absolute atomic E-state index is 0.307. The van der Waals surface area contributed by atoms with Gasteiger partial charge in [0.1, 0.15) is 0 Å². The van der Waals surface area contributed by atoms with Crippen molar-refractivity contribution in [3.8, 4) is 0 Å². The number of aliphatic hydroxyl groups is 1. The molecule has 0 saturated heterocycles. The molecule has 1 N–H and O–H groups in total. The van der Waals surface area contributed by atoms with Gasteiger partial charge in [-0.05, 0) is 36.5 Å². The van der Waals surface area contributed by atoms with Crippen LogP contribution in [0.1, 0.15) is 36.5 Å². The molecule has 1 nitrogen and oxygen atoms in total. The molecule has 1 aromatic carbocycles. The Hall–Kier alpha value is -0.530. The zero-order valence-corrected chi connectivity index (χ0v) is 9.09. The van der Waals surface area contributed by atoms with E-state index in [0.717, 1.165) is 28.5 Å². The highest BCUT2D eigenvalue weighted by Crippen LogP contribution is 2.37. The lowest BCUT2D eigenvalue weighted by Crippen LogP contribution is -1.98. The third-order valence-electron chi connectivity index (χ3n) is 2.82.